The Morgan fingerprint density at radius 3 is 2.54 bits per heavy atom. The van der Waals surface area contributed by atoms with Gasteiger partial charge in [0, 0.05) is 0 Å². The Kier molecular flexibility index (Phi) is 6.29. The van der Waals surface area contributed by atoms with Crippen LogP contribution < -0.4 is 11.3 Å². The van der Waals surface area contributed by atoms with Gasteiger partial charge in [0.1, 0.15) is 0 Å². The lowest BCUT2D eigenvalue weighted by molar-refractivity contribution is -0.107. The third kappa shape index (κ3) is 6.25. The van der Waals surface area contributed by atoms with Crippen LogP contribution in [0.15, 0.2) is 11.1 Å². The third-order valence-electron chi connectivity index (χ3n) is 2.74. The van der Waals surface area contributed by atoms with Gasteiger partial charge in [-0.15, -0.1) is 0 Å². The van der Waals surface area contributed by atoms with Crippen molar-refractivity contribution < 1.29 is 42.5 Å². The summed E-state index contributed by atoms with van der Waals surface area (Å²) < 4.78 is 36.4. The normalized spacial score (nSPS) is 14.0. The van der Waals surface area contributed by atoms with Crippen molar-refractivity contribution in [3.63, 3.8) is 0 Å². The molecule has 17 heteroatoms. The molecule has 2 heterocycles. The standard InChI is InChI=1S/C9H15N5O10P2/c10-9-12-7-6(8(15)13-9)11-4-14(7)3-5(24-26(19,20)21)22-1-2-23-25(16,17)18/h4-5H,1-3H2,(H2,16,17,18)(H2,19,20,21)(H3,10,12,13,15). The second-order valence-electron chi connectivity index (χ2n) is 4.74. The average molecular weight is 415 g/mol. The van der Waals surface area contributed by atoms with Gasteiger partial charge in [0.2, 0.25) is 5.95 Å². The number of phosphoric acid groups is 2. The summed E-state index contributed by atoms with van der Waals surface area (Å²) in [7, 11) is -9.69. The van der Waals surface area contributed by atoms with Crippen LogP contribution in [0.2, 0.25) is 0 Å². The van der Waals surface area contributed by atoms with E-state index in [1.54, 1.807) is 0 Å². The molecule has 7 N–H and O–H groups in total. The van der Waals surface area contributed by atoms with Crippen molar-refractivity contribution in [1.29, 1.82) is 0 Å². The van der Waals surface area contributed by atoms with Gasteiger partial charge in [-0.05, 0) is 0 Å². The molecule has 15 nitrogen and oxygen atoms in total. The lowest BCUT2D eigenvalue weighted by Gasteiger charge is -2.19. The fraction of sp³-hybridized carbons (Fsp3) is 0.444. The molecule has 0 bridgehead atoms. The number of H-pyrrole nitrogens is 1. The SMILES string of the molecule is Nc1nc2c(ncn2CC(OCCOP(=O)(O)O)OP(=O)(O)O)c(=O)[nH]1. The Bertz CT molecular complexity index is 915. The molecule has 0 aliphatic rings. The summed E-state index contributed by atoms with van der Waals surface area (Å²) in [6, 6.07) is 0. The first-order chi connectivity index (χ1) is 11.9. The van der Waals surface area contributed by atoms with E-state index in [1.807, 2.05) is 0 Å². The Hall–Kier alpha value is -1.67. The Balaban J connectivity index is 2.15. The van der Waals surface area contributed by atoms with Crippen molar-refractivity contribution in [2.24, 2.45) is 0 Å². The molecule has 0 radical (unpaired) electrons. The average Bonchev–Trinajstić information content (AvgIpc) is 2.84. The van der Waals surface area contributed by atoms with Gasteiger partial charge in [0.05, 0.1) is 26.1 Å². The van der Waals surface area contributed by atoms with Crippen LogP contribution in [0.5, 0.6) is 0 Å². The number of ether oxygens (including phenoxy) is 1. The Labute approximate surface area is 144 Å². The van der Waals surface area contributed by atoms with Crippen LogP contribution in [-0.2, 0) is 29.5 Å². The molecule has 2 rings (SSSR count). The first-order valence-electron chi connectivity index (χ1n) is 6.71. The van der Waals surface area contributed by atoms with E-state index in [4.69, 9.17) is 30.0 Å². The van der Waals surface area contributed by atoms with E-state index in [0.29, 0.717) is 0 Å². The van der Waals surface area contributed by atoms with E-state index in [1.165, 1.54) is 4.57 Å². The van der Waals surface area contributed by atoms with Gasteiger partial charge in [-0.1, -0.05) is 0 Å². The largest absolute Gasteiger partial charge is 0.471 e. The summed E-state index contributed by atoms with van der Waals surface area (Å²) in [5.41, 5.74) is 4.77. The Morgan fingerprint density at radius 1 is 1.23 bits per heavy atom. The molecule has 0 saturated heterocycles. The van der Waals surface area contributed by atoms with Crippen molar-refractivity contribution in [3.05, 3.63) is 16.7 Å². The van der Waals surface area contributed by atoms with E-state index in [0.717, 1.165) is 6.33 Å². The minimum atomic E-state index is -4.97. The van der Waals surface area contributed by atoms with Crippen molar-refractivity contribution in [3.8, 4) is 0 Å². The number of fused-ring (bicyclic) bond motifs is 1. The predicted octanol–water partition coefficient (Wildman–Crippen LogP) is -1.74. The lowest BCUT2D eigenvalue weighted by Crippen LogP contribution is -2.24. The number of nitrogens with two attached hydrogens (primary N) is 1. The van der Waals surface area contributed by atoms with Gasteiger partial charge in [-0.25, -0.2) is 14.1 Å². The quantitative estimate of drug-likeness (QED) is 0.152. The van der Waals surface area contributed by atoms with Crippen LogP contribution in [0.25, 0.3) is 11.2 Å². The second kappa shape index (κ2) is 7.92. The predicted molar refractivity (Wildman–Crippen MR) is 83.4 cm³/mol. The van der Waals surface area contributed by atoms with Gasteiger partial charge in [0.25, 0.3) is 5.56 Å². The van der Waals surface area contributed by atoms with Gasteiger partial charge in [0.15, 0.2) is 17.5 Å². The summed E-state index contributed by atoms with van der Waals surface area (Å²) in [6.45, 7) is -1.40. The highest BCUT2D eigenvalue weighted by Gasteiger charge is 2.25. The van der Waals surface area contributed by atoms with Crippen LogP contribution in [-0.4, -0.2) is 58.6 Å². The molecule has 26 heavy (non-hydrogen) atoms. The van der Waals surface area contributed by atoms with E-state index in [-0.39, 0.29) is 23.7 Å². The van der Waals surface area contributed by atoms with Crippen LogP contribution in [0, 0.1) is 0 Å². The number of aromatic nitrogens is 4. The zero-order valence-electron chi connectivity index (χ0n) is 12.8. The van der Waals surface area contributed by atoms with Crippen molar-refractivity contribution in [1.82, 2.24) is 19.5 Å². The highest BCUT2D eigenvalue weighted by atomic mass is 31.2. The Morgan fingerprint density at radius 2 is 1.92 bits per heavy atom. The number of imidazole rings is 1. The number of phosphoric ester groups is 2. The summed E-state index contributed by atoms with van der Waals surface area (Å²) in [5.74, 6) is -0.201. The highest BCUT2D eigenvalue weighted by molar-refractivity contribution is 7.46. The monoisotopic (exact) mass is 415 g/mol. The second-order valence-corrected chi connectivity index (χ2v) is 7.17. The number of rotatable bonds is 9. The molecular weight excluding hydrogens is 400 g/mol. The first-order valence-corrected chi connectivity index (χ1v) is 9.77. The number of hydrogen-bond acceptors (Lipinski definition) is 9. The molecule has 0 amide bonds. The van der Waals surface area contributed by atoms with Crippen molar-refractivity contribution >= 4 is 32.8 Å². The topological polar surface area (TPSA) is 232 Å². The molecule has 146 valence electrons. The number of nitrogens with zero attached hydrogens (tertiary/aromatic N) is 3. The van der Waals surface area contributed by atoms with E-state index in [2.05, 4.69) is 24.0 Å². The number of aromatic amines is 1. The number of nitrogens with one attached hydrogen (secondary N) is 1. The van der Waals surface area contributed by atoms with Gasteiger partial charge in [-0.3, -0.25) is 18.8 Å². The van der Waals surface area contributed by atoms with Crippen molar-refractivity contribution in [2.45, 2.75) is 12.8 Å². The van der Waals surface area contributed by atoms with Crippen molar-refractivity contribution in [2.75, 3.05) is 18.9 Å². The molecule has 2 aromatic heterocycles. The van der Waals surface area contributed by atoms with E-state index < -0.39 is 40.7 Å². The number of anilines is 1. The van der Waals surface area contributed by atoms with Crippen LogP contribution in [0.1, 0.15) is 0 Å². The highest BCUT2D eigenvalue weighted by Crippen LogP contribution is 2.38. The molecule has 0 fully saturated rings. The molecule has 0 aliphatic carbocycles. The summed E-state index contributed by atoms with van der Waals surface area (Å²) in [5, 5.41) is 0. The first kappa shape index (κ1) is 20.6. The maximum atomic E-state index is 11.7. The van der Waals surface area contributed by atoms with Gasteiger partial charge in [-0.2, -0.15) is 4.98 Å². The van der Waals surface area contributed by atoms with Crippen LogP contribution in [0.4, 0.5) is 5.95 Å². The molecule has 0 saturated carbocycles. The summed E-state index contributed by atoms with van der Waals surface area (Å²) in [4.78, 5) is 56.6. The third-order valence-corrected chi connectivity index (χ3v) is 3.77. The van der Waals surface area contributed by atoms with E-state index >= 15 is 0 Å². The van der Waals surface area contributed by atoms with Crippen LogP contribution >= 0.6 is 15.6 Å². The number of hydrogen-bond donors (Lipinski definition) is 6. The summed E-state index contributed by atoms with van der Waals surface area (Å²) >= 11 is 0. The minimum Gasteiger partial charge on any atom is -0.369 e. The van der Waals surface area contributed by atoms with Gasteiger partial charge >= 0.3 is 15.6 Å². The fourth-order valence-electron chi connectivity index (χ4n) is 1.87. The maximum absolute atomic E-state index is 11.7. The molecule has 1 atom stereocenters. The molecule has 0 aromatic carbocycles. The van der Waals surface area contributed by atoms with Crippen LogP contribution in [0.3, 0.4) is 0 Å². The lowest BCUT2D eigenvalue weighted by atomic mass is 10.5. The zero-order chi connectivity index (χ0) is 19.5. The molecule has 0 aliphatic heterocycles. The minimum absolute atomic E-state index is 0.0145. The van der Waals surface area contributed by atoms with E-state index in [9.17, 15) is 13.9 Å². The molecule has 2 aromatic rings. The fourth-order valence-corrected chi connectivity index (χ4v) is 2.62. The summed E-state index contributed by atoms with van der Waals surface area (Å²) in [6.07, 6.45) is -0.423. The number of nitrogen functional groups attached to an aromatic ring is 1. The zero-order valence-corrected chi connectivity index (χ0v) is 14.6. The molecule has 1 unspecified atom stereocenters. The molecular formula is C9H15N5O10P2. The smallest absolute Gasteiger partial charge is 0.369 e. The maximum Gasteiger partial charge on any atom is 0.471 e. The molecule has 0 spiro atoms. The van der Waals surface area contributed by atoms with Gasteiger partial charge < -0.3 is 34.6 Å².